The fourth-order valence-electron chi connectivity index (χ4n) is 6.98. The molecule has 0 aromatic heterocycles. The van der Waals surface area contributed by atoms with Crippen LogP contribution in [0, 0.1) is 34.5 Å². The molecule has 0 radical (unpaired) electrons. The number of hydrogen-bond donors (Lipinski definition) is 0. The Balaban J connectivity index is 1.70. The Morgan fingerprint density at radius 2 is 1.96 bits per heavy atom. The van der Waals surface area contributed by atoms with Gasteiger partial charge in [0.05, 0.1) is 0 Å². The smallest absolute Gasteiger partial charge is 0.133 e. The minimum atomic E-state index is 0.188. The van der Waals surface area contributed by atoms with E-state index in [4.69, 9.17) is 0 Å². The Kier molecular flexibility index (Phi) is 3.42. The van der Waals surface area contributed by atoms with E-state index in [0.717, 1.165) is 32.1 Å². The zero-order valence-electron chi connectivity index (χ0n) is 14.9. The summed E-state index contributed by atoms with van der Waals surface area (Å²) in [6, 6.07) is 0. The molecule has 0 bridgehead atoms. The molecule has 0 aliphatic heterocycles. The van der Waals surface area contributed by atoms with E-state index < -0.39 is 0 Å². The van der Waals surface area contributed by atoms with Crippen molar-refractivity contribution < 1.29 is 9.59 Å². The summed E-state index contributed by atoms with van der Waals surface area (Å²) in [5.74, 6) is 3.07. The van der Waals surface area contributed by atoms with Gasteiger partial charge in [-0.3, -0.25) is 9.59 Å². The first kappa shape index (κ1) is 15.6. The van der Waals surface area contributed by atoms with Gasteiger partial charge in [-0.2, -0.15) is 0 Å². The van der Waals surface area contributed by atoms with Crippen molar-refractivity contribution in [1.82, 2.24) is 0 Å². The molecule has 0 saturated heterocycles. The van der Waals surface area contributed by atoms with Crippen LogP contribution in [0.5, 0.6) is 0 Å². The second kappa shape index (κ2) is 5.04. The van der Waals surface area contributed by atoms with Gasteiger partial charge in [0.15, 0.2) is 0 Å². The Bertz CT molecular complexity index is 589. The fraction of sp³-hybridized carbons (Fsp3) is 0.810. The van der Waals surface area contributed by atoms with E-state index in [0.29, 0.717) is 29.3 Å². The number of fused-ring (bicyclic) bond motifs is 5. The molecule has 0 heterocycles. The maximum absolute atomic E-state index is 12.1. The number of Topliss-reactive ketones (excluding diaryl/α,β-unsaturated/α-hetero) is 2. The van der Waals surface area contributed by atoms with Crippen LogP contribution in [0.25, 0.3) is 0 Å². The summed E-state index contributed by atoms with van der Waals surface area (Å²) in [5.41, 5.74) is 2.12. The van der Waals surface area contributed by atoms with E-state index in [-0.39, 0.29) is 16.7 Å². The van der Waals surface area contributed by atoms with Gasteiger partial charge in [-0.25, -0.2) is 0 Å². The first-order chi connectivity index (χ1) is 10.9. The van der Waals surface area contributed by atoms with Crippen molar-refractivity contribution in [2.24, 2.45) is 34.5 Å². The maximum atomic E-state index is 12.1. The molecule has 23 heavy (non-hydrogen) atoms. The van der Waals surface area contributed by atoms with E-state index in [1.807, 2.05) is 0 Å². The molecule has 3 fully saturated rings. The van der Waals surface area contributed by atoms with E-state index in [1.165, 1.54) is 19.3 Å². The van der Waals surface area contributed by atoms with Gasteiger partial charge in [0.2, 0.25) is 0 Å². The molecule has 0 spiro atoms. The third kappa shape index (κ3) is 2.06. The third-order valence-corrected chi connectivity index (χ3v) is 8.33. The number of allylic oxidation sites excluding steroid dienone is 2. The molecule has 126 valence electrons. The molecule has 4 aliphatic rings. The molecule has 6 atom stereocenters. The van der Waals surface area contributed by atoms with Gasteiger partial charge in [-0.15, -0.1) is 0 Å². The molecule has 0 aromatic carbocycles. The van der Waals surface area contributed by atoms with Crippen molar-refractivity contribution in [2.75, 3.05) is 0 Å². The van der Waals surface area contributed by atoms with E-state index >= 15 is 0 Å². The summed E-state index contributed by atoms with van der Waals surface area (Å²) in [5, 5.41) is 0. The Labute approximate surface area is 140 Å². The van der Waals surface area contributed by atoms with Crippen LogP contribution < -0.4 is 0 Å². The van der Waals surface area contributed by atoms with Crippen molar-refractivity contribution >= 4 is 11.6 Å². The zero-order valence-corrected chi connectivity index (χ0v) is 14.9. The molecule has 3 unspecified atom stereocenters. The molecule has 2 heteroatoms. The van der Waals surface area contributed by atoms with Crippen LogP contribution in [0.4, 0.5) is 0 Å². The highest BCUT2D eigenvalue weighted by molar-refractivity contribution is 5.80. The van der Waals surface area contributed by atoms with Crippen molar-refractivity contribution in [3.63, 3.8) is 0 Å². The number of hydrogen-bond acceptors (Lipinski definition) is 2. The minimum Gasteiger partial charge on any atom is -0.300 e. The van der Waals surface area contributed by atoms with Crippen LogP contribution in [0.15, 0.2) is 11.6 Å². The second-order valence-electron chi connectivity index (χ2n) is 9.26. The predicted octanol–water partition coefficient (Wildman–Crippen LogP) is 4.72. The molecular weight excluding hydrogens is 284 g/mol. The zero-order chi connectivity index (χ0) is 16.4. The predicted molar refractivity (Wildman–Crippen MR) is 90.9 cm³/mol. The average molecular weight is 314 g/mol. The quantitative estimate of drug-likeness (QED) is 0.656. The Hall–Kier alpha value is -0.920. The van der Waals surface area contributed by atoms with Crippen molar-refractivity contribution in [1.29, 1.82) is 0 Å². The van der Waals surface area contributed by atoms with Gasteiger partial charge in [0.1, 0.15) is 11.6 Å². The summed E-state index contributed by atoms with van der Waals surface area (Å²) in [7, 11) is 0. The second-order valence-corrected chi connectivity index (χ2v) is 9.26. The van der Waals surface area contributed by atoms with Crippen molar-refractivity contribution in [2.45, 2.75) is 72.1 Å². The normalized spacial score (nSPS) is 49.0. The highest BCUT2D eigenvalue weighted by Crippen LogP contribution is 2.65. The first-order valence-corrected chi connectivity index (χ1v) is 9.59. The summed E-state index contributed by atoms with van der Waals surface area (Å²) < 4.78 is 0. The van der Waals surface area contributed by atoms with Gasteiger partial charge >= 0.3 is 0 Å². The van der Waals surface area contributed by atoms with Gasteiger partial charge < -0.3 is 0 Å². The van der Waals surface area contributed by atoms with Crippen LogP contribution in [-0.2, 0) is 9.59 Å². The maximum Gasteiger partial charge on any atom is 0.133 e. The molecular formula is C21H30O2. The van der Waals surface area contributed by atoms with Crippen LogP contribution in [0.2, 0.25) is 0 Å². The molecule has 3 saturated carbocycles. The molecule has 0 N–H and O–H groups in total. The molecule has 4 rings (SSSR count). The van der Waals surface area contributed by atoms with Crippen LogP contribution in [-0.4, -0.2) is 11.6 Å². The number of ketones is 2. The first-order valence-electron chi connectivity index (χ1n) is 9.59. The van der Waals surface area contributed by atoms with Crippen LogP contribution >= 0.6 is 0 Å². The Morgan fingerprint density at radius 3 is 2.70 bits per heavy atom. The van der Waals surface area contributed by atoms with Gasteiger partial charge in [-0.05, 0) is 74.0 Å². The van der Waals surface area contributed by atoms with Gasteiger partial charge in [0.25, 0.3) is 0 Å². The minimum absolute atomic E-state index is 0.188. The lowest BCUT2D eigenvalue weighted by Crippen LogP contribution is -2.48. The number of carbonyl (C=O) groups excluding carboxylic acids is 2. The van der Waals surface area contributed by atoms with Gasteiger partial charge in [-0.1, -0.05) is 25.5 Å². The molecule has 2 nitrogen and oxygen atoms in total. The van der Waals surface area contributed by atoms with Crippen LogP contribution in [0.3, 0.4) is 0 Å². The van der Waals surface area contributed by atoms with E-state index in [2.05, 4.69) is 19.9 Å². The molecule has 0 amide bonds. The van der Waals surface area contributed by atoms with Crippen LogP contribution in [0.1, 0.15) is 72.1 Å². The lowest BCUT2D eigenvalue weighted by molar-refractivity contribution is -0.127. The summed E-state index contributed by atoms with van der Waals surface area (Å²) in [6.45, 7) is 6.60. The van der Waals surface area contributed by atoms with Crippen molar-refractivity contribution in [3.8, 4) is 0 Å². The number of carbonyl (C=O) groups is 2. The van der Waals surface area contributed by atoms with E-state index in [9.17, 15) is 9.59 Å². The molecule has 4 aliphatic carbocycles. The summed E-state index contributed by atoms with van der Waals surface area (Å²) in [4.78, 5) is 24.0. The van der Waals surface area contributed by atoms with Gasteiger partial charge in [0, 0.05) is 18.8 Å². The fourth-order valence-corrected chi connectivity index (χ4v) is 6.98. The lowest BCUT2D eigenvalue weighted by Gasteiger charge is -2.55. The highest BCUT2D eigenvalue weighted by Gasteiger charge is 2.57. The largest absolute Gasteiger partial charge is 0.300 e. The topological polar surface area (TPSA) is 34.1 Å². The SMILES string of the molecule is CC(=O)[C@H]1CCC2C3CCC4CC(=O)CC[C@]4(C)C3=CC[C@@]21C. The average Bonchev–Trinajstić information content (AvgIpc) is 2.85. The molecule has 0 aromatic rings. The summed E-state index contributed by atoms with van der Waals surface area (Å²) >= 11 is 0. The third-order valence-electron chi connectivity index (χ3n) is 8.33. The standard InChI is InChI=1S/C21H30O2/c1-13(22)17-6-7-18-16-5-4-14-12-15(23)8-10-20(14,2)19(16)9-11-21(17,18)3/h9,14,16-18H,4-8,10-12H2,1-3H3/t14?,16?,17-,18?,20+,21-/m1/s1. The van der Waals surface area contributed by atoms with E-state index in [1.54, 1.807) is 12.5 Å². The lowest BCUT2D eigenvalue weighted by atomic mass is 9.49. The van der Waals surface area contributed by atoms with Crippen molar-refractivity contribution in [3.05, 3.63) is 11.6 Å². The summed E-state index contributed by atoms with van der Waals surface area (Å²) in [6.07, 6.45) is 11.0. The number of rotatable bonds is 1. The highest BCUT2D eigenvalue weighted by atomic mass is 16.1. The Morgan fingerprint density at radius 1 is 1.17 bits per heavy atom. The monoisotopic (exact) mass is 314 g/mol.